The molecular weight excluding hydrogens is 238 g/mol. The quantitative estimate of drug-likeness (QED) is 0.849. The van der Waals surface area contributed by atoms with E-state index in [9.17, 15) is 0 Å². The maximum atomic E-state index is 5.97. The summed E-state index contributed by atoms with van der Waals surface area (Å²) < 4.78 is 5.81. The molecule has 2 heterocycles. The topological polar surface area (TPSA) is 51.4 Å². The van der Waals surface area contributed by atoms with E-state index in [-0.39, 0.29) is 6.10 Å². The van der Waals surface area contributed by atoms with Gasteiger partial charge in [-0.2, -0.15) is 0 Å². The molecule has 1 aromatic rings. The van der Waals surface area contributed by atoms with Crippen molar-refractivity contribution in [2.24, 2.45) is 5.73 Å². The lowest BCUT2D eigenvalue weighted by Crippen LogP contribution is -2.47. The van der Waals surface area contributed by atoms with Gasteiger partial charge in [0.2, 0.25) is 0 Å². The van der Waals surface area contributed by atoms with Crippen LogP contribution in [0.4, 0.5) is 0 Å². The number of aryl methyl sites for hydroxylation is 1. The minimum absolute atomic E-state index is 0.287. The zero-order valence-electron chi connectivity index (χ0n) is 12.0. The average Bonchev–Trinajstić information content (AvgIpc) is 2.92. The summed E-state index contributed by atoms with van der Waals surface area (Å²) in [7, 11) is 0. The Hall–Kier alpha value is -0.970. The van der Waals surface area contributed by atoms with Crippen molar-refractivity contribution in [2.45, 2.75) is 45.4 Å². The van der Waals surface area contributed by atoms with Gasteiger partial charge in [-0.1, -0.05) is 13.0 Å². The molecule has 4 nitrogen and oxygen atoms in total. The van der Waals surface area contributed by atoms with Crippen LogP contribution in [0.1, 0.15) is 31.2 Å². The molecule has 0 aromatic carbocycles. The maximum Gasteiger partial charge on any atom is 0.0743 e. The zero-order chi connectivity index (χ0) is 13.7. The molecule has 1 aliphatic heterocycles. The number of hydrogen-bond donors (Lipinski definition) is 1. The summed E-state index contributed by atoms with van der Waals surface area (Å²) in [6.45, 7) is 7.54. The standard InChI is InChI=1S/C15H25N3O/c1-3-18(11-13-7-4-6-12(2)17-13)14(10-16)15-8-5-9-19-15/h4,6-7,14-15H,3,5,8-11,16H2,1-2H3. The number of aromatic nitrogens is 1. The summed E-state index contributed by atoms with van der Waals surface area (Å²) in [5.41, 5.74) is 8.14. The number of nitrogens with zero attached hydrogens (tertiary/aromatic N) is 2. The summed E-state index contributed by atoms with van der Waals surface area (Å²) >= 11 is 0. The highest BCUT2D eigenvalue weighted by molar-refractivity contribution is 5.10. The zero-order valence-corrected chi connectivity index (χ0v) is 12.0. The third-order valence-electron chi connectivity index (χ3n) is 3.82. The van der Waals surface area contributed by atoms with E-state index in [1.165, 1.54) is 0 Å². The van der Waals surface area contributed by atoms with Gasteiger partial charge in [0.25, 0.3) is 0 Å². The van der Waals surface area contributed by atoms with Crippen molar-refractivity contribution in [3.8, 4) is 0 Å². The molecule has 19 heavy (non-hydrogen) atoms. The molecule has 106 valence electrons. The first-order chi connectivity index (χ1) is 9.24. The highest BCUT2D eigenvalue weighted by Gasteiger charge is 2.29. The summed E-state index contributed by atoms with van der Waals surface area (Å²) in [6.07, 6.45) is 2.57. The van der Waals surface area contributed by atoms with Gasteiger partial charge >= 0.3 is 0 Å². The summed E-state index contributed by atoms with van der Waals surface area (Å²) in [5, 5.41) is 0. The van der Waals surface area contributed by atoms with Gasteiger partial charge in [0, 0.05) is 31.4 Å². The number of hydrogen-bond acceptors (Lipinski definition) is 4. The molecule has 0 spiro atoms. The van der Waals surface area contributed by atoms with E-state index in [1.54, 1.807) is 0 Å². The van der Waals surface area contributed by atoms with E-state index in [2.05, 4.69) is 28.9 Å². The third-order valence-corrected chi connectivity index (χ3v) is 3.82. The lowest BCUT2D eigenvalue weighted by molar-refractivity contribution is 0.0254. The molecule has 0 amide bonds. The predicted molar refractivity (Wildman–Crippen MR) is 76.9 cm³/mol. The number of nitrogens with two attached hydrogens (primary N) is 1. The van der Waals surface area contributed by atoms with Crippen LogP contribution in [-0.2, 0) is 11.3 Å². The lowest BCUT2D eigenvalue weighted by atomic mass is 10.1. The van der Waals surface area contributed by atoms with Gasteiger partial charge in [0.15, 0.2) is 0 Å². The van der Waals surface area contributed by atoms with Crippen LogP contribution in [0.25, 0.3) is 0 Å². The second kappa shape index (κ2) is 6.98. The average molecular weight is 263 g/mol. The van der Waals surface area contributed by atoms with Gasteiger partial charge in [-0.15, -0.1) is 0 Å². The summed E-state index contributed by atoms with van der Waals surface area (Å²) in [5.74, 6) is 0. The van der Waals surface area contributed by atoms with Gasteiger partial charge in [-0.25, -0.2) is 0 Å². The predicted octanol–water partition coefficient (Wildman–Crippen LogP) is 1.72. The molecule has 1 saturated heterocycles. The van der Waals surface area contributed by atoms with Crippen LogP contribution in [0, 0.1) is 6.92 Å². The van der Waals surface area contributed by atoms with E-state index in [0.29, 0.717) is 12.6 Å². The first-order valence-electron chi connectivity index (χ1n) is 7.23. The molecule has 1 aliphatic rings. The summed E-state index contributed by atoms with van der Waals surface area (Å²) in [4.78, 5) is 6.97. The molecule has 0 saturated carbocycles. The minimum Gasteiger partial charge on any atom is -0.377 e. The number of pyridine rings is 1. The van der Waals surface area contributed by atoms with Crippen LogP contribution in [-0.4, -0.2) is 41.7 Å². The number of ether oxygens (including phenoxy) is 1. The van der Waals surface area contributed by atoms with Crippen molar-refractivity contribution in [1.82, 2.24) is 9.88 Å². The van der Waals surface area contributed by atoms with Crippen LogP contribution >= 0.6 is 0 Å². The van der Waals surface area contributed by atoms with Crippen molar-refractivity contribution in [1.29, 1.82) is 0 Å². The van der Waals surface area contributed by atoms with Gasteiger partial charge in [-0.05, 0) is 38.4 Å². The van der Waals surface area contributed by atoms with Crippen LogP contribution in [0.2, 0.25) is 0 Å². The molecule has 2 N–H and O–H groups in total. The smallest absolute Gasteiger partial charge is 0.0743 e. The molecule has 0 aliphatic carbocycles. The Labute approximate surface area is 116 Å². The molecule has 2 unspecified atom stereocenters. The van der Waals surface area contributed by atoms with Crippen LogP contribution in [0.15, 0.2) is 18.2 Å². The van der Waals surface area contributed by atoms with Gasteiger partial charge in [0.05, 0.1) is 11.8 Å². The monoisotopic (exact) mass is 263 g/mol. The van der Waals surface area contributed by atoms with E-state index in [0.717, 1.165) is 43.9 Å². The van der Waals surface area contributed by atoms with Gasteiger partial charge < -0.3 is 10.5 Å². The van der Waals surface area contributed by atoms with Crippen molar-refractivity contribution >= 4 is 0 Å². The Morgan fingerprint density at radius 3 is 2.95 bits per heavy atom. The first kappa shape index (κ1) is 14.4. The van der Waals surface area contributed by atoms with Crippen molar-refractivity contribution in [3.63, 3.8) is 0 Å². The van der Waals surface area contributed by atoms with Crippen molar-refractivity contribution in [2.75, 3.05) is 19.7 Å². The first-order valence-corrected chi connectivity index (χ1v) is 7.23. The molecule has 4 heteroatoms. The molecule has 1 aromatic heterocycles. The highest BCUT2D eigenvalue weighted by Crippen LogP contribution is 2.20. The second-order valence-electron chi connectivity index (χ2n) is 5.19. The SMILES string of the molecule is CCN(Cc1cccc(C)n1)C(CN)C1CCCO1. The Morgan fingerprint density at radius 1 is 1.53 bits per heavy atom. The molecule has 2 rings (SSSR count). The minimum atomic E-state index is 0.287. The highest BCUT2D eigenvalue weighted by atomic mass is 16.5. The van der Waals surface area contributed by atoms with E-state index in [4.69, 9.17) is 10.5 Å². The number of likely N-dealkylation sites (N-methyl/N-ethyl adjacent to an activating group) is 1. The molecule has 0 radical (unpaired) electrons. The normalized spacial score (nSPS) is 20.9. The molecular formula is C15H25N3O. The fourth-order valence-electron chi connectivity index (χ4n) is 2.80. The van der Waals surface area contributed by atoms with Crippen molar-refractivity contribution < 1.29 is 4.74 Å². The second-order valence-corrected chi connectivity index (χ2v) is 5.19. The van der Waals surface area contributed by atoms with Gasteiger partial charge in [-0.3, -0.25) is 9.88 Å². The Bertz CT molecular complexity index is 391. The lowest BCUT2D eigenvalue weighted by Gasteiger charge is -2.33. The fourth-order valence-corrected chi connectivity index (χ4v) is 2.80. The fraction of sp³-hybridized carbons (Fsp3) is 0.667. The van der Waals surface area contributed by atoms with Crippen LogP contribution in [0.3, 0.4) is 0 Å². The van der Waals surface area contributed by atoms with E-state index >= 15 is 0 Å². The van der Waals surface area contributed by atoms with Crippen LogP contribution in [0.5, 0.6) is 0 Å². The Morgan fingerprint density at radius 2 is 2.37 bits per heavy atom. The third kappa shape index (κ3) is 3.75. The van der Waals surface area contributed by atoms with E-state index < -0.39 is 0 Å². The Balaban J connectivity index is 2.05. The van der Waals surface area contributed by atoms with Crippen molar-refractivity contribution in [3.05, 3.63) is 29.6 Å². The molecule has 0 bridgehead atoms. The number of rotatable bonds is 6. The van der Waals surface area contributed by atoms with Crippen LogP contribution < -0.4 is 5.73 Å². The molecule has 2 atom stereocenters. The van der Waals surface area contributed by atoms with Gasteiger partial charge in [0.1, 0.15) is 0 Å². The largest absolute Gasteiger partial charge is 0.377 e. The maximum absolute atomic E-state index is 5.97. The molecule has 1 fully saturated rings. The summed E-state index contributed by atoms with van der Waals surface area (Å²) in [6, 6.07) is 6.48. The Kier molecular flexibility index (Phi) is 5.31. The van der Waals surface area contributed by atoms with E-state index in [1.807, 2.05) is 13.0 Å².